The number of nitro groups is 1. The summed E-state index contributed by atoms with van der Waals surface area (Å²) >= 11 is 0. The quantitative estimate of drug-likeness (QED) is 0.550. The minimum atomic E-state index is -0.572. The lowest BCUT2D eigenvalue weighted by molar-refractivity contribution is -0.386. The van der Waals surface area contributed by atoms with Gasteiger partial charge in [0.25, 0.3) is 0 Å². The monoisotopic (exact) mass is 194 g/mol. The van der Waals surface area contributed by atoms with Crippen LogP contribution in [0.4, 0.5) is 5.69 Å². The van der Waals surface area contributed by atoms with Gasteiger partial charge in [-0.25, -0.2) is 0 Å². The molecule has 0 radical (unpaired) electrons. The number of aromatic hydroxyl groups is 1. The first-order valence-electron chi connectivity index (χ1n) is 4.40. The summed E-state index contributed by atoms with van der Waals surface area (Å²) in [5.74, 6) is -0.213. The van der Waals surface area contributed by atoms with Crippen LogP contribution in [0, 0.1) is 10.1 Å². The third kappa shape index (κ3) is 1.31. The van der Waals surface area contributed by atoms with Crippen molar-refractivity contribution in [2.75, 3.05) is 6.54 Å². The Kier molecular flexibility index (Phi) is 2.09. The Labute approximate surface area is 80.5 Å². The second-order valence-electron chi connectivity index (χ2n) is 3.27. The van der Waals surface area contributed by atoms with Gasteiger partial charge in [0.15, 0.2) is 5.75 Å². The molecule has 1 saturated heterocycles. The Morgan fingerprint density at radius 1 is 1.57 bits per heavy atom. The van der Waals surface area contributed by atoms with E-state index in [2.05, 4.69) is 5.32 Å². The van der Waals surface area contributed by atoms with Crippen molar-refractivity contribution in [2.24, 2.45) is 0 Å². The fraction of sp³-hybridized carbons (Fsp3) is 0.333. The molecule has 0 saturated carbocycles. The molecule has 2 N–H and O–H groups in total. The van der Waals surface area contributed by atoms with Gasteiger partial charge in [-0.1, -0.05) is 12.1 Å². The molecule has 0 spiro atoms. The van der Waals surface area contributed by atoms with Crippen LogP contribution >= 0.6 is 0 Å². The van der Waals surface area contributed by atoms with E-state index in [1.54, 1.807) is 12.1 Å². The topological polar surface area (TPSA) is 75.4 Å². The molecule has 0 aliphatic carbocycles. The molecule has 74 valence electrons. The van der Waals surface area contributed by atoms with Gasteiger partial charge >= 0.3 is 5.69 Å². The Morgan fingerprint density at radius 2 is 2.29 bits per heavy atom. The third-order valence-corrected chi connectivity index (χ3v) is 2.44. The van der Waals surface area contributed by atoms with Crippen LogP contribution < -0.4 is 5.32 Å². The average molecular weight is 194 g/mol. The smallest absolute Gasteiger partial charge is 0.311 e. The highest BCUT2D eigenvalue weighted by molar-refractivity contribution is 5.52. The Hall–Kier alpha value is -1.62. The molecule has 1 aromatic carbocycles. The van der Waals surface area contributed by atoms with E-state index in [0.717, 1.165) is 13.0 Å². The van der Waals surface area contributed by atoms with Gasteiger partial charge in [0.1, 0.15) is 0 Å². The summed E-state index contributed by atoms with van der Waals surface area (Å²) < 4.78 is 0. The van der Waals surface area contributed by atoms with Gasteiger partial charge in [0, 0.05) is 17.7 Å². The summed E-state index contributed by atoms with van der Waals surface area (Å²) in [7, 11) is 0. The number of nitrogens with zero attached hydrogens (tertiary/aromatic N) is 1. The molecular weight excluding hydrogens is 184 g/mol. The number of para-hydroxylation sites is 1. The molecule has 5 heteroatoms. The second-order valence-corrected chi connectivity index (χ2v) is 3.27. The minimum absolute atomic E-state index is 0.0647. The zero-order valence-corrected chi connectivity index (χ0v) is 7.43. The molecular formula is C9H10N2O3. The van der Waals surface area contributed by atoms with E-state index in [4.69, 9.17) is 0 Å². The number of phenolic OH excluding ortho intramolecular Hbond substituents is 1. The zero-order valence-electron chi connectivity index (χ0n) is 7.43. The number of phenols is 1. The van der Waals surface area contributed by atoms with Crippen LogP contribution in [0.15, 0.2) is 18.2 Å². The Bertz CT molecular complexity index is 374. The molecule has 1 heterocycles. The standard InChI is InChI=1S/C9H10N2O3/c12-9-6(7-4-5-10-7)2-1-3-8(9)11(13)14/h1-3,7,10,12H,4-5H2. The van der Waals surface area contributed by atoms with E-state index < -0.39 is 4.92 Å². The second kappa shape index (κ2) is 3.26. The Balaban J connectivity index is 2.40. The molecule has 1 unspecified atom stereocenters. The minimum Gasteiger partial charge on any atom is -0.502 e. The molecule has 1 fully saturated rings. The van der Waals surface area contributed by atoms with Crippen molar-refractivity contribution >= 4 is 5.69 Å². The lowest BCUT2D eigenvalue weighted by Gasteiger charge is -2.28. The van der Waals surface area contributed by atoms with Gasteiger partial charge < -0.3 is 10.4 Å². The zero-order chi connectivity index (χ0) is 10.1. The van der Waals surface area contributed by atoms with Crippen molar-refractivity contribution in [1.29, 1.82) is 0 Å². The molecule has 1 aromatic rings. The van der Waals surface area contributed by atoms with Crippen molar-refractivity contribution in [1.82, 2.24) is 5.32 Å². The number of nitro benzene ring substituents is 1. The molecule has 5 nitrogen and oxygen atoms in total. The number of benzene rings is 1. The highest BCUT2D eigenvalue weighted by Gasteiger charge is 2.25. The van der Waals surface area contributed by atoms with Gasteiger partial charge in [0.2, 0.25) is 0 Å². The summed E-state index contributed by atoms with van der Waals surface area (Å²) in [6.07, 6.45) is 0.911. The summed E-state index contributed by atoms with van der Waals surface area (Å²) in [5, 5.41) is 23.2. The fourth-order valence-corrected chi connectivity index (χ4v) is 1.53. The van der Waals surface area contributed by atoms with Crippen LogP contribution in [-0.2, 0) is 0 Å². The van der Waals surface area contributed by atoms with Gasteiger partial charge in [0.05, 0.1) is 4.92 Å². The predicted octanol–water partition coefficient (Wildman–Crippen LogP) is 1.33. The van der Waals surface area contributed by atoms with Gasteiger partial charge in [-0.15, -0.1) is 0 Å². The first-order valence-corrected chi connectivity index (χ1v) is 4.40. The SMILES string of the molecule is O=[N+]([O-])c1cccc(C2CCN2)c1O. The maximum absolute atomic E-state index is 10.5. The van der Waals surface area contributed by atoms with Crippen LogP contribution in [0.25, 0.3) is 0 Å². The third-order valence-electron chi connectivity index (χ3n) is 2.44. The van der Waals surface area contributed by atoms with Crippen molar-refractivity contribution in [2.45, 2.75) is 12.5 Å². The molecule has 14 heavy (non-hydrogen) atoms. The largest absolute Gasteiger partial charge is 0.502 e. The summed E-state index contributed by atoms with van der Waals surface area (Å²) in [5.41, 5.74) is 0.390. The molecule has 0 aromatic heterocycles. The molecule has 0 bridgehead atoms. The van der Waals surface area contributed by atoms with E-state index in [1.165, 1.54) is 6.07 Å². The lowest BCUT2D eigenvalue weighted by Crippen LogP contribution is -2.34. The van der Waals surface area contributed by atoms with Crippen molar-refractivity contribution < 1.29 is 10.0 Å². The Morgan fingerprint density at radius 3 is 2.79 bits per heavy atom. The van der Waals surface area contributed by atoms with Crippen LogP contribution in [-0.4, -0.2) is 16.6 Å². The van der Waals surface area contributed by atoms with Crippen LogP contribution in [0.1, 0.15) is 18.0 Å². The molecule has 1 aliphatic heterocycles. The van der Waals surface area contributed by atoms with E-state index in [1.807, 2.05) is 0 Å². The summed E-state index contributed by atoms with van der Waals surface area (Å²) in [6.45, 7) is 0.896. The van der Waals surface area contributed by atoms with Crippen LogP contribution in [0.5, 0.6) is 5.75 Å². The van der Waals surface area contributed by atoms with Gasteiger partial charge in [-0.05, 0) is 13.0 Å². The highest BCUT2D eigenvalue weighted by Crippen LogP contribution is 2.36. The number of hydrogen-bond donors (Lipinski definition) is 2. The normalized spacial score (nSPS) is 20.1. The fourth-order valence-electron chi connectivity index (χ4n) is 1.53. The van der Waals surface area contributed by atoms with E-state index in [9.17, 15) is 15.2 Å². The van der Waals surface area contributed by atoms with Gasteiger partial charge in [-0.2, -0.15) is 0 Å². The van der Waals surface area contributed by atoms with Crippen LogP contribution in [0.3, 0.4) is 0 Å². The van der Waals surface area contributed by atoms with E-state index >= 15 is 0 Å². The maximum Gasteiger partial charge on any atom is 0.311 e. The first kappa shape index (κ1) is 8.96. The molecule has 1 aliphatic rings. The molecule has 0 amide bonds. The summed E-state index contributed by atoms with van der Waals surface area (Å²) in [6, 6.07) is 4.67. The van der Waals surface area contributed by atoms with Gasteiger partial charge in [-0.3, -0.25) is 10.1 Å². The molecule has 1 atom stereocenters. The summed E-state index contributed by atoms with van der Waals surface area (Å²) in [4.78, 5) is 9.96. The first-order chi connectivity index (χ1) is 6.70. The van der Waals surface area contributed by atoms with E-state index in [0.29, 0.717) is 5.56 Å². The predicted molar refractivity (Wildman–Crippen MR) is 50.1 cm³/mol. The lowest BCUT2D eigenvalue weighted by atomic mass is 9.96. The number of nitrogens with one attached hydrogen (secondary N) is 1. The molecule has 2 rings (SSSR count). The van der Waals surface area contributed by atoms with Crippen molar-refractivity contribution in [3.05, 3.63) is 33.9 Å². The number of rotatable bonds is 2. The van der Waals surface area contributed by atoms with Crippen molar-refractivity contribution in [3.8, 4) is 5.75 Å². The van der Waals surface area contributed by atoms with Crippen molar-refractivity contribution in [3.63, 3.8) is 0 Å². The average Bonchev–Trinajstić information content (AvgIpc) is 2.04. The number of hydrogen-bond acceptors (Lipinski definition) is 4. The van der Waals surface area contributed by atoms with Crippen LogP contribution in [0.2, 0.25) is 0 Å². The highest BCUT2D eigenvalue weighted by atomic mass is 16.6. The van der Waals surface area contributed by atoms with E-state index in [-0.39, 0.29) is 17.5 Å². The maximum atomic E-state index is 10.5.